The van der Waals surface area contributed by atoms with Gasteiger partial charge in [-0.3, -0.25) is 9.78 Å². The lowest BCUT2D eigenvalue weighted by Crippen LogP contribution is -2.13. The number of hydrogen-bond acceptors (Lipinski definition) is 3. The van der Waals surface area contributed by atoms with E-state index in [1.807, 2.05) is 0 Å². The molecule has 0 atom stereocenters. The first-order valence-electron chi connectivity index (χ1n) is 6.17. The third-order valence-corrected chi connectivity index (χ3v) is 2.72. The third-order valence-electron chi connectivity index (χ3n) is 2.72. The van der Waals surface area contributed by atoms with Gasteiger partial charge in [-0.2, -0.15) is 13.2 Å². The number of rotatable bonds is 4. The monoisotopic (exact) mass is 295 g/mol. The molecule has 110 valence electrons. The lowest BCUT2D eigenvalue weighted by Gasteiger charge is -2.07. The average Bonchev–Trinajstić information content (AvgIpc) is 2.46. The molecule has 0 bridgehead atoms. The number of anilines is 1. The van der Waals surface area contributed by atoms with Gasteiger partial charge in [0, 0.05) is 24.4 Å². The van der Waals surface area contributed by atoms with Gasteiger partial charge < -0.3 is 5.32 Å². The molecule has 0 saturated carbocycles. The Morgan fingerprint density at radius 1 is 1.14 bits per heavy atom. The van der Waals surface area contributed by atoms with Gasteiger partial charge in [0.2, 0.25) is 0 Å². The predicted molar refractivity (Wildman–Crippen MR) is 70.8 cm³/mol. The number of carbonyl (C=O) groups is 1. The molecular weight excluding hydrogens is 283 g/mol. The second-order valence-corrected chi connectivity index (χ2v) is 4.36. The molecule has 0 unspecified atom stereocenters. The molecule has 1 aromatic heterocycles. The fraction of sp³-hybridized carbons (Fsp3) is 0.214. The van der Waals surface area contributed by atoms with E-state index in [0.717, 1.165) is 0 Å². The van der Waals surface area contributed by atoms with Crippen molar-refractivity contribution in [2.24, 2.45) is 0 Å². The smallest absolute Gasteiger partial charge is 0.305 e. The summed E-state index contributed by atoms with van der Waals surface area (Å²) in [7, 11) is 0. The molecule has 21 heavy (non-hydrogen) atoms. The molecule has 2 aromatic rings. The average molecular weight is 295 g/mol. The molecule has 1 amide bonds. The second kappa shape index (κ2) is 6.34. The first-order chi connectivity index (χ1) is 9.94. The number of alkyl halides is 3. The fourth-order valence-electron chi connectivity index (χ4n) is 1.66. The molecule has 0 aliphatic carbocycles. The van der Waals surface area contributed by atoms with E-state index < -0.39 is 18.5 Å². The van der Waals surface area contributed by atoms with Crippen LogP contribution in [0.15, 0.2) is 42.9 Å². The summed E-state index contributed by atoms with van der Waals surface area (Å²) in [5.74, 6) is -0.0819. The Bertz CT molecular complexity index is 597. The predicted octanol–water partition coefficient (Wildman–Crippen LogP) is 3.22. The van der Waals surface area contributed by atoms with Gasteiger partial charge in [0.15, 0.2) is 5.82 Å². The highest BCUT2D eigenvalue weighted by molar-refractivity contribution is 6.03. The molecule has 1 heterocycles. The van der Waals surface area contributed by atoms with E-state index in [0.29, 0.717) is 16.9 Å². The number of aromatic nitrogens is 2. The molecule has 7 heteroatoms. The summed E-state index contributed by atoms with van der Waals surface area (Å²) in [6.45, 7) is 0. The highest BCUT2D eigenvalue weighted by Gasteiger charge is 2.26. The van der Waals surface area contributed by atoms with Crippen molar-refractivity contribution in [3.8, 4) is 0 Å². The SMILES string of the molecule is O=C(Nc1cnccn1)c1ccc(CCC(F)(F)F)cc1. The van der Waals surface area contributed by atoms with Gasteiger partial charge in [-0.05, 0) is 24.1 Å². The molecule has 1 N–H and O–H groups in total. The Morgan fingerprint density at radius 2 is 1.86 bits per heavy atom. The maximum absolute atomic E-state index is 12.1. The zero-order valence-corrected chi connectivity index (χ0v) is 10.9. The molecule has 4 nitrogen and oxygen atoms in total. The van der Waals surface area contributed by atoms with Gasteiger partial charge in [0.25, 0.3) is 5.91 Å². The number of halogens is 3. The lowest BCUT2D eigenvalue weighted by atomic mass is 10.1. The summed E-state index contributed by atoms with van der Waals surface area (Å²) in [4.78, 5) is 19.6. The summed E-state index contributed by atoms with van der Waals surface area (Å²) in [6.07, 6.45) is -0.841. The summed E-state index contributed by atoms with van der Waals surface area (Å²) in [5.41, 5.74) is 0.875. The Balaban J connectivity index is 1.97. The molecule has 0 aliphatic rings. The quantitative estimate of drug-likeness (QED) is 0.942. The Kier molecular flexibility index (Phi) is 4.52. The third kappa shape index (κ3) is 4.87. The van der Waals surface area contributed by atoms with Gasteiger partial charge in [-0.25, -0.2) is 4.98 Å². The minimum atomic E-state index is -4.18. The van der Waals surface area contributed by atoms with Crippen molar-refractivity contribution in [3.05, 3.63) is 54.0 Å². The summed E-state index contributed by atoms with van der Waals surface area (Å²) >= 11 is 0. The van der Waals surface area contributed by atoms with Crippen LogP contribution < -0.4 is 5.32 Å². The maximum atomic E-state index is 12.1. The van der Waals surface area contributed by atoms with Crippen LogP contribution in [0.5, 0.6) is 0 Å². The highest BCUT2D eigenvalue weighted by atomic mass is 19.4. The normalized spacial score (nSPS) is 11.2. The molecule has 0 radical (unpaired) electrons. The Morgan fingerprint density at radius 3 is 2.43 bits per heavy atom. The van der Waals surface area contributed by atoms with E-state index in [-0.39, 0.29) is 6.42 Å². The van der Waals surface area contributed by atoms with Crippen LogP contribution in [0.4, 0.5) is 19.0 Å². The molecule has 0 aliphatic heterocycles. The summed E-state index contributed by atoms with van der Waals surface area (Å²) < 4.78 is 36.3. The topological polar surface area (TPSA) is 54.9 Å². The van der Waals surface area contributed by atoms with E-state index in [2.05, 4.69) is 15.3 Å². The standard InChI is InChI=1S/C14H12F3N3O/c15-14(16,17)6-5-10-1-3-11(4-2-10)13(21)20-12-9-18-7-8-19-12/h1-4,7-9H,5-6H2,(H,19,20,21). The Hall–Kier alpha value is -2.44. The first kappa shape index (κ1) is 15.0. The van der Waals surface area contributed by atoms with Crippen LogP contribution in [0.3, 0.4) is 0 Å². The molecule has 0 saturated heterocycles. The number of amides is 1. The zero-order valence-electron chi connectivity index (χ0n) is 10.9. The zero-order chi connectivity index (χ0) is 15.3. The second-order valence-electron chi connectivity index (χ2n) is 4.36. The Labute approximate surface area is 119 Å². The van der Waals surface area contributed by atoms with E-state index >= 15 is 0 Å². The number of benzene rings is 1. The summed E-state index contributed by atoms with van der Waals surface area (Å²) in [5, 5.41) is 2.54. The largest absolute Gasteiger partial charge is 0.389 e. The van der Waals surface area contributed by atoms with Crippen molar-refractivity contribution >= 4 is 11.7 Å². The van der Waals surface area contributed by atoms with Gasteiger partial charge in [-0.1, -0.05) is 12.1 Å². The van der Waals surface area contributed by atoms with Gasteiger partial charge in [-0.15, -0.1) is 0 Å². The minimum absolute atomic E-state index is 0.102. The van der Waals surface area contributed by atoms with E-state index in [9.17, 15) is 18.0 Å². The molecule has 0 fully saturated rings. The van der Waals surface area contributed by atoms with Crippen molar-refractivity contribution in [2.75, 3.05) is 5.32 Å². The number of carbonyl (C=O) groups excluding carboxylic acids is 1. The van der Waals surface area contributed by atoms with Crippen LogP contribution in [-0.2, 0) is 6.42 Å². The van der Waals surface area contributed by atoms with Crippen molar-refractivity contribution < 1.29 is 18.0 Å². The van der Waals surface area contributed by atoms with Crippen LogP contribution in [0.25, 0.3) is 0 Å². The van der Waals surface area contributed by atoms with Gasteiger partial charge >= 0.3 is 6.18 Å². The first-order valence-corrected chi connectivity index (χ1v) is 6.17. The lowest BCUT2D eigenvalue weighted by molar-refractivity contribution is -0.134. The van der Waals surface area contributed by atoms with Crippen LogP contribution in [-0.4, -0.2) is 22.1 Å². The van der Waals surface area contributed by atoms with Crippen molar-refractivity contribution in [3.63, 3.8) is 0 Å². The number of hydrogen-bond donors (Lipinski definition) is 1. The summed E-state index contributed by atoms with van der Waals surface area (Å²) in [6, 6.07) is 5.99. The van der Waals surface area contributed by atoms with Crippen molar-refractivity contribution in [1.82, 2.24) is 9.97 Å². The maximum Gasteiger partial charge on any atom is 0.389 e. The van der Waals surface area contributed by atoms with Gasteiger partial charge in [0.05, 0.1) is 6.20 Å². The molecule has 1 aromatic carbocycles. The van der Waals surface area contributed by atoms with E-state index in [1.165, 1.54) is 42.9 Å². The van der Waals surface area contributed by atoms with Crippen molar-refractivity contribution in [1.29, 1.82) is 0 Å². The minimum Gasteiger partial charge on any atom is -0.305 e. The van der Waals surface area contributed by atoms with Crippen LogP contribution in [0.2, 0.25) is 0 Å². The van der Waals surface area contributed by atoms with Crippen LogP contribution >= 0.6 is 0 Å². The number of nitrogens with one attached hydrogen (secondary N) is 1. The van der Waals surface area contributed by atoms with Crippen LogP contribution in [0.1, 0.15) is 22.3 Å². The van der Waals surface area contributed by atoms with Gasteiger partial charge in [0.1, 0.15) is 0 Å². The van der Waals surface area contributed by atoms with Crippen LogP contribution in [0, 0.1) is 0 Å². The molecule has 0 spiro atoms. The number of nitrogens with zero attached hydrogens (tertiary/aromatic N) is 2. The van der Waals surface area contributed by atoms with E-state index in [1.54, 1.807) is 0 Å². The van der Waals surface area contributed by atoms with Crippen molar-refractivity contribution in [2.45, 2.75) is 19.0 Å². The fourth-order valence-corrected chi connectivity index (χ4v) is 1.66. The highest BCUT2D eigenvalue weighted by Crippen LogP contribution is 2.22. The molecular formula is C14H12F3N3O. The molecule has 2 rings (SSSR count). The number of aryl methyl sites for hydroxylation is 1. The van der Waals surface area contributed by atoms with E-state index in [4.69, 9.17) is 0 Å².